The molecule has 2 aromatic carbocycles. The zero-order valence-corrected chi connectivity index (χ0v) is 26.0. The zero-order chi connectivity index (χ0) is 29.2. The Bertz CT molecular complexity index is 1120. The molecule has 0 aliphatic carbocycles. The minimum Gasteiger partial charge on any atom is -0.325 e. The third-order valence-corrected chi connectivity index (χ3v) is 9.48. The molecular formula is C35H53N4O2+. The fraction of sp³-hybridized carbons (Fsp3) is 0.600. The Balaban J connectivity index is 1.31. The fourth-order valence-electron chi connectivity index (χ4n) is 7.22. The van der Waals surface area contributed by atoms with Crippen molar-refractivity contribution in [1.29, 1.82) is 0 Å². The molecule has 2 aliphatic rings. The van der Waals surface area contributed by atoms with Crippen molar-refractivity contribution >= 4 is 23.2 Å². The SMILES string of the molecule is CCC[N+]1(CCCCCN2CCCCC2C(=O)Nc2ccc(C)cc2)CCCCC1C(=O)Nc1c(C)cccc1C. The van der Waals surface area contributed by atoms with Gasteiger partial charge in [-0.2, -0.15) is 0 Å². The number of piperidine rings is 2. The maximum absolute atomic E-state index is 13.7. The van der Waals surface area contributed by atoms with E-state index in [1.54, 1.807) is 0 Å². The van der Waals surface area contributed by atoms with Crippen molar-refractivity contribution in [3.05, 3.63) is 59.2 Å². The number of carbonyl (C=O) groups excluding carboxylic acids is 2. The third kappa shape index (κ3) is 8.20. The van der Waals surface area contributed by atoms with E-state index in [9.17, 15) is 9.59 Å². The van der Waals surface area contributed by atoms with Crippen molar-refractivity contribution in [3.8, 4) is 0 Å². The summed E-state index contributed by atoms with van der Waals surface area (Å²) in [6, 6.07) is 14.3. The van der Waals surface area contributed by atoms with Crippen molar-refractivity contribution < 1.29 is 14.1 Å². The van der Waals surface area contributed by atoms with E-state index in [2.05, 4.69) is 61.4 Å². The lowest BCUT2D eigenvalue weighted by Crippen LogP contribution is -2.62. The second-order valence-corrected chi connectivity index (χ2v) is 12.6. The van der Waals surface area contributed by atoms with Gasteiger partial charge in [0.1, 0.15) is 0 Å². The molecule has 2 fully saturated rings. The molecule has 3 atom stereocenters. The number of likely N-dealkylation sites (tertiary alicyclic amines) is 2. The molecule has 0 saturated carbocycles. The number of aryl methyl sites for hydroxylation is 3. The number of nitrogens with zero attached hydrogens (tertiary/aromatic N) is 2. The second-order valence-electron chi connectivity index (χ2n) is 12.6. The Morgan fingerprint density at radius 3 is 2.29 bits per heavy atom. The van der Waals surface area contributed by atoms with Crippen molar-refractivity contribution in [2.24, 2.45) is 0 Å². The van der Waals surface area contributed by atoms with E-state index >= 15 is 0 Å². The fourth-order valence-corrected chi connectivity index (χ4v) is 7.22. The smallest absolute Gasteiger partial charge is 0.282 e. The number of amides is 2. The Morgan fingerprint density at radius 1 is 0.829 bits per heavy atom. The van der Waals surface area contributed by atoms with Gasteiger partial charge < -0.3 is 15.1 Å². The maximum atomic E-state index is 13.7. The third-order valence-electron chi connectivity index (χ3n) is 9.48. The van der Waals surface area contributed by atoms with Crippen LogP contribution in [0.5, 0.6) is 0 Å². The van der Waals surface area contributed by atoms with Gasteiger partial charge >= 0.3 is 0 Å². The van der Waals surface area contributed by atoms with Crippen LogP contribution in [0.4, 0.5) is 11.4 Å². The first kappa shape index (κ1) is 31.2. The van der Waals surface area contributed by atoms with Crippen LogP contribution in [0.1, 0.15) is 87.8 Å². The van der Waals surface area contributed by atoms with Crippen LogP contribution in [-0.4, -0.2) is 66.0 Å². The van der Waals surface area contributed by atoms with Crippen LogP contribution in [0, 0.1) is 20.8 Å². The van der Waals surface area contributed by atoms with Crippen molar-refractivity contribution in [2.45, 2.75) is 104 Å². The molecule has 6 nitrogen and oxygen atoms in total. The first-order valence-corrected chi connectivity index (χ1v) is 16.2. The summed E-state index contributed by atoms with van der Waals surface area (Å²) in [6.45, 7) is 13.7. The van der Waals surface area contributed by atoms with E-state index in [1.165, 1.54) is 18.4 Å². The van der Waals surface area contributed by atoms with E-state index in [0.717, 1.165) is 111 Å². The van der Waals surface area contributed by atoms with E-state index in [1.807, 2.05) is 24.3 Å². The summed E-state index contributed by atoms with van der Waals surface area (Å²) in [6.07, 6.45) is 11.0. The van der Waals surface area contributed by atoms with Crippen LogP contribution in [0.15, 0.2) is 42.5 Å². The zero-order valence-electron chi connectivity index (χ0n) is 26.0. The number of para-hydroxylation sites is 1. The lowest BCUT2D eigenvalue weighted by atomic mass is 9.95. The molecule has 0 radical (unpaired) electrons. The summed E-state index contributed by atoms with van der Waals surface area (Å²) in [5.74, 6) is 0.332. The predicted octanol–water partition coefficient (Wildman–Crippen LogP) is 6.99. The molecule has 0 bridgehead atoms. The van der Waals surface area contributed by atoms with Gasteiger partial charge in [0.05, 0.1) is 25.7 Å². The standard InChI is InChI=1S/C35H52N4O2/c1-5-24-39(26-12-8-17-32(39)35(41)37-33-28(3)14-13-15-29(33)4)25-11-6-9-22-38-23-10-7-16-31(38)34(40)36-30-20-18-27(2)19-21-30/h13-15,18-21,31-32H,5-12,16-17,22-26H2,1-4H3,(H-,36,37,40,41)/p+1. The Labute approximate surface area is 248 Å². The molecule has 4 rings (SSSR count). The quantitative estimate of drug-likeness (QED) is 0.217. The second kappa shape index (κ2) is 15.0. The molecule has 224 valence electrons. The molecule has 2 saturated heterocycles. The molecular weight excluding hydrogens is 508 g/mol. The van der Waals surface area contributed by atoms with Crippen molar-refractivity contribution in [3.63, 3.8) is 0 Å². The summed E-state index contributed by atoms with van der Waals surface area (Å²) in [7, 11) is 0. The molecule has 2 N–H and O–H groups in total. The Morgan fingerprint density at radius 2 is 1.56 bits per heavy atom. The molecule has 3 unspecified atom stereocenters. The normalized spacial score (nSPS) is 23.2. The van der Waals surface area contributed by atoms with Crippen molar-refractivity contribution in [1.82, 2.24) is 4.90 Å². The molecule has 2 aromatic rings. The number of quaternary nitrogens is 1. The van der Waals surface area contributed by atoms with E-state index in [0.29, 0.717) is 0 Å². The van der Waals surface area contributed by atoms with Crippen LogP contribution in [-0.2, 0) is 9.59 Å². The monoisotopic (exact) mass is 561 g/mol. The van der Waals surface area contributed by atoms with Gasteiger partial charge in [-0.15, -0.1) is 0 Å². The molecule has 0 aromatic heterocycles. The number of unbranched alkanes of at least 4 members (excludes halogenated alkanes) is 2. The largest absolute Gasteiger partial charge is 0.325 e. The first-order valence-electron chi connectivity index (χ1n) is 16.2. The molecule has 0 spiro atoms. The Hall–Kier alpha value is -2.70. The number of nitrogens with one attached hydrogen (secondary N) is 2. The van der Waals surface area contributed by atoms with E-state index in [-0.39, 0.29) is 23.9 Å². The van der Waals surface area contributed by atoms with Gasteiger partial charge in [0.25, 0.3) is 5.91 Å². The molecule has 41 heavy (non-hydrogen) atoms. The average molecular weight is 562 g/mol. The highest BCUT2D eigenvalue weighted by molar-refractivity contribution is 5.96. The van der Waals surface area contributed by atoms with Crippen LogP contribution >= 0.6 is 0 Å². The first-order chi connectivity index (χ1) is 19.8. The van der Waals surface area contributed by atoms with Crippen molar-refractivity contribution in [2.75, 3.05) is 43.4 Å². The number of rotatable bonds is 12. The van der Waals surface area contributed by atoms with Crippen LogP contribution in [0.2, 0.25) is 0 Å². The number of anilines is 2. The highest BCUT2D eigenvalue weighted by atomic mass is 16.2. The summed E-state index contributed by atoms with van der Waals surface area (Å²) >= 11 is 0. The van der Waals surface area contributed by atoms with Crippen LogP contribution in [0.3, 0.4) is 0 Å². The van der Waals surface area contributed by atoms with Gasteiger partial charge in [-0.3, -0.25) is 14.5 Å². The number of carbonyl (C=O) groups is 2. The predicted molar refractivity (Wildman–Crippen MR) is 170 cm³/mol. The summed E-state index contributed by atoms with van der Waals surface area (Å²) < 4.78 is 0.929. The summed E-state index contributed by atoms with van der Waals surface area (Å²) in [5, 5.41) is 6.49. The Kier molecular flexibility index (Phi) is 11.4. The maximum Gasteiger partial charge on any atom is 0.282 e. The summed E-state index contributed by atoms with van der Waals surface area (Å²) in [5.41, 5.74) is 5.33. The van der Waals surface area contributed by atoms with Gasteiger partial charge in [-0.1, -0.05) is 49.2 Å². The lowest BCUT2D eigenvalue weighted by Gasteiger charge is -2.47. The van der Waals surface area contributed by atoms with E-state index in [4.69, 9.17) is 0 Å². The number of hydrogen-bond donors (Lipinski definition) is 2. The minimum absolute atomic E-state index is 0.0275. The van der Waals surface area contributed by atoms with Gasteiger partial charge in [0, 0.05) is 17.8 Å². The number of benzene rings is 2. The molecule has 6 heteroatoms. The molecule has 2 aliphatic heterocycles. The van der Waals surface area contributed by atoms with Crippen LogP contribution < -0.4 is 10.6 Å². The molecule has 2 amide bonds. The highest BCUT2D eigenvalue weighted by Gasteiger charge is 2.43. The van der Waals surface area contributed by atoms with Gasteiger partial charge in [0.15, 0.2) is 6.04 Å². The number of hydrogen-bond acceptors (Lipinski definition) is 3. The average Bonchev–Trinajstić information content (AvgIpc) is 2.96. The van der Waals surface area contributed by atoms with E-state index < -0.39 is 0 Å². The lowest BCUT2D eigenvalue weighted by molar-refractivity contribution is -0.947. The summed E-state index contributed by atoms with van der Waals surface area (Å²) in [4.78, 5) is 29.3. The van der Waals surface area contributed by atoms with Gasteiger partial charge in [-0.05, 0) is 108 Å². The van der Waals surface area contributed by atoms with Gasteiger partial charge in [-0.25, -0.2) is 0 Å². The topological polar surface area (TPSA) is 61.4 Å². The van der Waals surface area contributed by atoms with Gasteiger partial charge in [0.2, 0.25) is 5.91 Å². The minimum atomic E-state index is -0.0383. The highest BCUT2D eigenvalue weighted by Crippen LogP contribution is 2.30. The molecule has 2 heterocycles. The van der Waals surface area contributed by atoms with Crippen LogP contribution in [0.25, 0.3) is 0 Å².